The van der Waals surface area contributed by atoms with Crippen LogP contribution in [-0.4, -0.2) is 6.04 Å². The zero-order chi connectivity index (χ0) is 13.0. The molecule has 1 aromatic carbocycles. The van der Waals surface area contributed by atoms with Gasteiger partial charge < -0.3 is 0 Å². The van der Waals surface area contributed by atoms with Gasteiger partial charge in [0.05, 0.1) is 0 Å². The first-order valence-electron chi connectivity index (χ1n) is 5.60. The Bertz CT molecular complexity index is 502. The second kappa shape index (κ2) is 6.43. The van der Waals surface area contributed by atoms with Crippen LogP contribution in [0.1, 0.15) is 11.1 Å². The molecule has 0 aliphatic carbocycles. The maximum atomic E-state index is 13.7. The highest BCUT2D eigenvalue weighted by atomic mass is 79.9. The molecule has 1 heterocycles. The highest BCUT2D eigenvalue weighted by Crippen LogP contribution is 2.18. The molecule has 1 aromatic heterocycles. The lowest BCUT2D eigenvalue weighted by molar-refractivity contribution is 0.507. The van der Waals surface area contributed by atoms with Crippen molar-refractivity contribution in [2.75, 3.05) is 0 Å². The molecule has 3 N–H and O–H groups in total. The van der Waals surface area contributed by atoms with Crippen LogP contribution in [0, 0.1) is 5.82 Å². The maximum absolute atomic E-state index is 13.7. The number of rotatable bonds is 5. The van der Waals surface area contributed by atoms with Crippen molar-refractivity contribution in [3.63, 3.8) is 0 Å². The summed E-state index contributed by atoms with van der Waals surface area (Å²) in [6, 6.07) is 7.06. The minimum Gasteiger partial charge on any atom is -0.271 e. The van der Waals surface area contributed by atoms with Gasteiger partial charge in [0.15, 0.2) is 0 Å². The molecule has 2 rings (SSSR count). The van der Waals surface area contributed by atoms with E-state index in [0.29, 0.717) is 12.0 Å². The van der Waals surface area contributed by atoms with Crippen molar-refractivity contribution in [2.45, 2.75) is 18.9 Å². The van der Waals surface area contributed by atoms with Crippen LogP contribution in [0.4, 0.5) is 4.39 Å². The van der Waals surface area contributed by atoms with Crippen LogP contribution in [0.5, 0.6) is 0 Å². The smallest absolute Gasteiger partial charge is 0.126 e. The van der Waals surface area contributed by atoms with E-state index in [4.69, 9.17) is 5.84 Å². The molecule has 1 atom stereocenters. The summed E-state index contributed by atoms with van der Waals surface area (Å²) in [5.74, 6) is 5.35. The summed E-state index contributed by atoms with van der Waals surface area (Å²) in [4.78, 5) is 0. The third-order valence-corrected chi connectivity index (χ3v) is 4.00. The average molecular weight is 329 g/mol. The normalized spacial score (nSPS) is 12.6. The van der Waals surface area contributed by atoms with Gasteiger partial charge >= 0.3 is 0 Å². The minimum atomic E-state index is -0.191. The Hall–Kier alpha value is -0.750. The fraction of sp³-hybridized carbons (Fsp3) is 0.231. The minimum absolute atomic E-state index is 0.0309. The van der Waals surface area contributed by atoms with Crippen LogP contribution in [0.15, 0.2) is 39.5 Å². The zero-order valence-corrected chi connectivity index (χ0v) is 12.1. The summed E-state index contributed by atoms with van der Waals surface area (Å²) < 4.78 is 14.5. The van der Waals surface area contributed by atoms with Crippen LogP contribution in [0.2, 0.25) is 0 Å². The van der Waals surface area contributed by atoms with Gasteiger partial charge in [-0.2, -0.15) is 11.3 Å². The van der Waals surface area contributed by atoms with E-state index in [1.807, 2.05) is 5.38 Å². The van der Waals surface area contributed by atoms with Crippen LogP contribution < -0.4 is 11.3 Å². The van der Waals surface area contributed by atoms with Crippen molar-refractivity contribution in [1.29, 1.82) is 0 Å². The molecule has 2 aromatic rings. The van der Waals surface area contributed by atoms with Gasteiger partial charge in [0.1, 0.15) is 5.82 Å². The first-order chi connectivity index (χ1) is 8.69. The first kappa shape index (κ1) is 13.7. The number of nitrogens with two attached hydrogens (primary N) is 1. The Morgan fingerprint density at radius 3 is 2.83 bits per heavy atom. The van der Waals surface area contributed by atoms with Crippen molar-refractivity contribution in [2.24, 2.45) is 5.84 Å². The lowest BCUT2D eigenvalue weighted by Gasteiger charge is -2.16. The molecule has 0 aliphatic heterocycles. The summed E-state index contributed by atoms with van der Waals surface area (Å²) in [5, 5.41) is 4.12. The molecule has 0 saturated carbocycles. The molecule has 0 spiro atoms. The largest absolute Gasteiger partial charge is 0.271 e. The number of benzene rings is 1. The number of hydrogen-bond donors (Lipinski definition) is 2. The van der Waals surface area contributed by atoms with E-state index < -0.39 is 0 Å². The molecule has 0 amide bonds. The molecule has 5 heteroatoms. The Labute approximate surface area is 118 Å². The van der Waals surface area contributed by atoms with E-state index in [1.54, 1.807) is 23.5 Å². The zero-order valence-electron chi connectivity index (χ0n) is 9.70. The Kier molecular flexibility index (Phi) is 4.88. The first-order valence-corrected chi connectivity index (χ1v) is 7.33. The average Bonchev–Trinajstić information content (AvgIpc) is 2.85. The van der Waals surface area contributed by atoms with E-state index in [1.165, 1.54) is 11.6 Å². The van der Waals surface area contributed by atoms with E-state index in [-0.39, 0.29) is 11.9 Å². The molecular weight excluding hydrogens is 315 g/mol. The van der Waals surface area contributed by atoms with E-state index in [9.17, 15) is 4.39 Å². The Balaban J connectivity index is 2.07. The summed E-state index contributed by atoms with van der Waals surface area (Å²) in [5.41, 5.74) is 4.65. The number of halogens is 2. The third-order valence-electron chi connectivity index (χ3n) is 2.77. The van der Waals surface area contributed by atoms with Gasteiger partial charge in [-0.25, -0.2) is 4.39 Å². The van der Waals surface area contributed by atoms with Gasteiger partial charge in [0.2, 0.25) is 0 Å². The van der Waals surface area contributed by atoms with Gasteiger partial charge in [-0.1, -0.05) is 15.9 Å². The molecule has 0 bridgehead atoms. The second-order valence-electron chi connectivity index (χ2n) is 4.14. The van der Waals surface area contributed by atoms with Crippen molar-refractivity contribution < 1.29 is 4.39 Å². The summed E-state index contributed by atoms with van der Waals surface area (Å²) >= 11 is 5.01. The molecule has 2 nitrogen and oxygen atoms in total. The highest BCUT2D eigenvalue weighted by Gasteiger charge is 2.12. The SMILES string of the molecule is NNC(Cc1ccsc1)Cc1cc(Br)ccc1F. The molecule has 0 fully saturated rings. The number of hydrazine groups is 1. The lowest BCUT2D eigenvalue weighted by atomic mass is 10.0. The number of thiophene rings is 1. The molecule has 0 radical (unpaired) electrons. The van der Waals surface area contributed by atoms with E-state index in [2.05, 4.69) is 32.8 Å². The maximum Gasteiger partial charge on any atom is 0.126 e. The Morgan fingerprint density at radius 1 is 1.33 bits per heavy atom. The van der Waals surface area contributed by atoms with Crippen LogP contribution in [0.3, 0.4) is 0 Å². The van der Waals surface area contributed by atoms with Crippen LogP contribution in [0.25, 0.3) is 0 Å². The third kappa shape index (κ3) is 3.62. The summed E-state index contributed by atoms with van der Waals surface area (Å²) in [7, 11) is 0. The topological polar surface area (TPSA) is 38.0 Å². The molecule has 0 aliphatic rings. The molecule has 0 saturated heterocycles. The summed E-state index contributed by atoms with van der Waals surface area (Å²) in [6.45, 7) is 0. The van der Waals surface area contributed by atoms with Crippen LogP contribution >= 0.6 is 27.3 Å². The second-order valence-corrected chi connectivity index (χ2v) is 5.83. The van der Waals surface area contributed by atoms with E-state index >= 15 is 0 Å². The predicted molar refractivity (Wildman–Crippen MR) is 76.9 cm³/mol. The quantitative estimate of drug-likeness (QED) is 0.653. The van der Waals surface area contributed by atoms with Gasteiger partial charge in [0.25, 0.3) is 0 Å². The molecular formula is C13H14BrFN2S. The molecule has 1 unspecified atom stereocenters. The number of nitrogens with one attached hydrogen (secondary N) is 1. The van der Waals surface area contributed by atoms with Gasteiger partial charge in [-0.3, -0.25) is 11.3 Å². The van der Waals surface area contributed by atoms with Crippen molar-refractivity contribution in [1.82, 2.24) is 5.43 Å². The van der Waals surface area contributed by atoms with Gasteiger partial charge in [-0.05, 0) is 59.0 Å². The van der Waals surface area contributed by atoms with Crippen molar-refractivity contribution in [3.8, 4) is 0 Å². The van der Waals surface area contributed by atoms with Crippen molar-refractivity contribution >= 4 is 27.3 Å². The van der Waals surface area contributed by atoms with Gasteiger partial charge in [0, 0.05) is 10.5 Å². The number of hydrogen-bond acceptors (Lipinski definition) is 3. The fourth-order valence-electron chi connectivity index (χ4n) is 1.85. The molecule has 96 valence electrons. The fourth-order valence-corrected chi connectivity index (χ4v) is 2.94. The van der Waals surface area contributed by atoms with E-state index in [0.717, 1.165) is 10.9 Å². The standard InChI is InChI=1S/C13H14BrFN2S/c14-11-1-2-13(15)10(6-11)7-12(17-16)5-9-3-4-18-8-9/h1-4,6,8,12,17H,5,7,16H2. The predicted octanol–water partition coefficient (Wildman–Crippen LogP) is 3.27. The Morgan fingerprint density at radius 2 is 2.17 bits per heavy atom. The molecule has 18 heavy (non-hydrogen) atoms. The lowest BCUT2D eigenvalue weighted by Crippen LogP contribution is -2.38. The monoisotopic (exact) mass is 328 g/mol. The summed E-state index contributed by atoms with van der Waals surface area (Å²) in [6.07, 6.45) is 1.36. The highest BCUT2D eigenvalue weighted by molar-refractivity contribution is 9.10. The van der Waals surface area contributed by atoms with Crippen molar-refractivity contribution in [3.05, 3.63) is 56.4 Å². The van der Waals surface area contributed by atoms with Gasteiger partial charge in [-0.15, -0.1) is 0 Å². The van der Waals surface area contributed by atoms with Crippen LogP contribution in [-0.2, 0) is 12.8 Å².